The van der Waals surface area contributed by atoms with Crippen LogP contribution in [0.5, 0.6) is 0 Å². The Kier molecular flexibility index (Phi) is 12.5. The van der Waals surface area contributed by atoms with E-state index in [4.69, 9.17) is 30.8 Å². The van der Waals surface area contributed by atoms with E-state index in [1.54, 1.807) is 6.07 Å². The Labute approximate surface area is 394 Å². The summed E-state index contributed by atoms with van der Waals surface area (Å²) in [7, 11) is -4.60. The molecule has 4 aliphatic heterocycles. The molecule has 6 heterocycles. The Bertz CT molecular complexity index is 2840. The number of rotatable bonds is 12. The molecule has 1 amide bonds. The average Bonchev–Trinajstić information content (AvgIpc) is 3.92. The molecule has 3 fully saturated rings. The summed E-state index contributed by atoms with van der Waals surface area (Å²) in [5.41, 5.74) is 8.04. The molecule has 16 nitrogen and oxygen atoms in total. The van der Waals surface area contributed by atoms with Crippen LogP contribution in [0, 0.1) is 15.5 Å². The lowest BCUT2D eigenvalue weighted by atomic mass is 9.72. The lowest BCUT2D eigenvalue weighted by Crippen LogP contribution is -2.47. The molecule has 5 aromatic rings. The summed E-state index contributed by atoms with van der Waals surface area (Å²) in [6, 6.07) is 21.1. The maximum atomic E-state index is 14.6. The van der Waals surface area contributed by atoms with Crippen LogP contribution in [0.3, 0.4) is 0 Å². The summed E-state index contributed by atoms with van der Waals surface area (Å²) >= 11 is 6.28. The Morgan fingerprint density at radius 2 is 1.78 bits per heavy atom. The number of carbonyl (C=O) groups is 1. The van der Waals surface area contributed by atoms with Crippen LogP contribution in [-0.2, 0) is 24.2 Å². The molecule has 0 bridgehead atoms. The first-order chi connectivity index (χ1) is 32.3. The van der Waals surface area contributed by atoms with Gasteiger partial charge in [0.1, 0.15) is 11.3 Å². The molecule has 2 aromatic heterocycles. The molecule has 0 radical (unpaired) electrons. The summed E-state index contributed by atoms with van der Waals surface area (Å²) in [6.07, 6.45) is 5.45. The summed E-state index contributed by atoms with van der Waals surface area (Å²) < 4.78 is 47.5. The van der Waals surface area contributed by atoms with E-state index in [0.29, 0.717) is 38.7 Å². The topological polar surface area (TPSA) is 185 Å². The number of nitro groups is 1. The number of pyridine rings is 1. The maximum absolute atomic E-state index is 14.6. The van der Waals surface area contributed by atoms with Crippen molar-refractivity contribution in [2.24, 2.45) is 5.41 Å². The summed E-state index contributed by atoms with van der Waals surface area (Å²) in [5.74, 6) is -0.867. The lowest BCUT2D eigenvalue weighted by Gasteiger charge is -2.40. The van der Waals surface area contributed by atoms with E-state index in [1.165, 1.54) is 28.8 Å². The van der Waals surface area contributed by atoms with E-state index >= 15 is 0 Å². The second kappa shape index (κ2) is 18.5. The van der Waals surface area contributed by atoms with E-state index in [-0.39, 0.29) is 41.3 Å². The number of nitrogens with one attached hydrogen (secondary N) is 3. The lowest BCUT2D eigenvalue weighted by molar-refractivity contribution is -0.384. The van der Waals surface area contributed by atoms with Crippen molar-refractivity contribution in [1.29, 1.82) is 0 Å². The van der Waals surface area contributed by atoms with E-state index in [9.17, 15) is 23.3 Å². The molecule has 0 spiro atoms. The normalized spacial score (nSPS) is 22.1. The first kappa shape index (κ1) is 45.2. The zero-order chi connectivity index (χ0) is 46.5. The minimum Gasteiger partial charge on any atom is -0.379 e. The summed E-state index contributed by atoms with van der Waals surface area (Å²) in [5, 5.41) is 16.9. The van der Waals surface area contributed by atoms with Crippen molar-refractivity contribution in [2.75, 3.05) is 87.4 Å². The van der Waals surface area contributed by atoms with Gasteiger partial charge in [0.25, 0.3) is 21.6 Å². The zero-order valence-electron chi connectivity index (χ0n) is 37.6. The molecule has 1 aliphatic carbocycles. The van der Waals surface area contributed by atoms with Gasteiger partial charge in [0.05, 0.1) is 71.0 Å². The van der Waals surface area contributed by atoms with E-state index in [1.807, 2.05) is 36.5 Å². The number of nitrogens with zero attached hydrogens (tertiary/aromatic N) is 5. The third kappa shape index (κ3) is 9.37. The van der Waals surface area contributed by atoms with Gasteiger partial charge in [-0.3, -0.25) is 19.8 Å². The zero-order valence-corrected chi connectivity index (χ0v) is 39.2. The molecular weight excluding hydrogens is 896 g/mol. The number of ether oxygens (including phenoxy) is 3. The van der Waals surface area contributed by atoms with Gasteiger partial charge in [0, 0.05) is 80.2 Å². The average molecular weight is 952 g/mol. The van der Waals surface area contributed by atoms with E-state index < -0.39 is 31.4 Å². The highest BCUT2D eigenvalue weighted by molar-refractivity contribution is 7.90. The number of halogens is 1. The van der Waals surface area contributed by atoms with Crippen molar-refractivity contribution in [1.82, 2.24) is 19.6 Å². The fourth-order valence-corrected chi connectivity index (χ4v) is 11.4. The predicted octanol–water partition coefficient (Wildman–Crippen LogP) is 7.88. The number of hydrogen-bond acceptors (Lipinski definition) is 13. The highest BCUT2D eigenvalue weighted by Crippen LogP contribution is 2.50. The van der Waals surface area contributed by atoms with Gasteiger partial charge >= 0.3 is 0 Å². The molecule has 352 valence electrons. The van der Waals surface area contributed by atoms with Crippen LogP contribution in [0.4, 0.5) is 28.4 Å². The van der Waals surface area contributed by atoms with Gasteiger partial charge < -0.3 is 34.3 Å². The Balaban J connectivity index is 0.943. The monoisotopic (exact) mass is 950 g/mol. The second-order valence-corrected chi connectivity index (χ2v) is 21.0. The van der Waals surface area contributed by atoms with Crippen molar-refractivity contribution in [3.63, 3.8) is 0 Å². The number of piperazine rings is 1. The molecule has 3 atom stereocenters. The standard InChI is InChI=1S/C49H55ClN8O8S/c1-49(2)14-11-33(40(26-49)31-3-5-34(50)6-4-31)28-55-16-18-56(19-17-55)35-7-9-39(42(24-35)57-44-23-32-12-15-51-47(32)53-46(44)38-13-20-64-30-45(38)57)48(59)54-67(62,63)37-8-10-41(43(25-37)58(60)61)52-27-36-29-65-21-22-66-36/h3-10,12,15,23-25,36,38,45,52H,11,13-14,16-22,26-30H2,1-2H3,(H,51,53)(H,54,59)/t36-,38?,45?/m0/s1. The fourth-order valence-electron chi connectivity index (χ4n) is 10.3. The van der Waals surface area contributed by atoms with Crippen molar-refractivity contribution in [3.8, 4) is 0 Å². The highest BCUT2D eigenvalue weighted by atomic mass is 35.5. The smallest absolute Gasteiger partial charge is 0.293 e. The molecule has 2 unspecified atom stereocenters. The number of hydrogen-bond donors (Lipinski definition) is 3. The predicted molar refractivity (Wildman–Crippen MR) is 258 cm³/mol. The summed E-state index contributed by atoms with van der Waals surface area (Å²) in [4.78, 5) is 40.9. The molecule has 3 saturated heterocycles. The number of allylic oxidation sites excluding steroid dienone is 1. The molecule has 3 aromatic carbocycles. The first-order valence-corrected chi connectivity index (χ1v) is 24.9. The van der Waals surface area contributed by atoms with Gasteiger partial charge in [-0.2, -0.15) is 0 Å². The van der Waals surface area contributed by atoms with Crippen molar-refractivity contribution >= 4 is 72.6 Å². The number of nitro benzene ring substituents is 1. The molecule has 67 heavy (non-hydrogen) atoms. The third-order valence-corrected chi connectivity index (χ3v) is 15.5. The number of sulfonamides is 1. The number of benzene rings is 3. The van der Waals surface area contributed by atoms with Crippen LogP contribution in [0.2, 0.25) is 5.02 Å². The Morgan fingerprint density at radius 3 is 2.55 bits per heavy atom. The van der Waals surface area contributed by atoms with Crippen LogP contribution < -0.4 is 19.8 Å². The Morgan fingerprint density at radius 1 is 0.970 bits per heavy atom. The quantitative estimate of drug-likeness (QED) is 0.0812. The SMILES string of the molecule is CC1(C)CCC(CN2CCN(c3ccc(C(=O)NS(=O)(=O)c4ccc(NC[C@H]5COCCO5)c([N+](=O)[O-])c4)c(N4c5cc6cc[nH]c6nc5C5CCOCC54)c3)CC2)=C(c2ccc(Cl)cc2)C1. The van der Waals surface area contributed by atoms with E-state index in [0.717, 1.165) is 97.6 Å². The van der Waals surface area contributed by atoms with E-state index in [2.05, 4.69) is 61.8 Å². The minimum absolute atomic E-state index is 0.00519. The van der Waals surface area contributed by atoms with Crippen LogP contribution in [0.15, 0.2) is 89.5 Å². The Hall–Kier alpha value is -5.56. The van der Waals surface area contributed by atoms with Gasteiger partial charge in [-0.15, -0.1) is 0 Å². The molecule has 3 N–H and O–H groups in total. The first-order valence-electron chi connectivity index (χ1n) is 23.0. The summed E-state index contributed by atoms with van der Waals surface area (Å²) in [6.45, 7) is 11.1. The second-order valence-electron chi connectivity index (χ2n) is 18.9. The number of anilines is 4. The molecule has 18 heteroatoms. The third-order valence-electron chi connectivity index (χ3n) is 13.9. The van der Waals surface area contributed by atoms with Crippen LogP contribution >= 0.6 is 11.6 Å². The van der Waals surface area contributed by atoms with Crippen LogP contribution in [0.1, 0.15) is 67.1 Å². The molecule has 10 rings (SSSR count). The maximum Gasteiger partial charge on any atom is 0.293 e. The number of fused-ring (bicyclic) bond motifs is 4. The minimum atomic E-state index is -4.60. The van der Waals surface area contributed by atoms with Gasteiger partial charge in [-0.05, 0) is 96.8 Å². The number of H-pyrrole nitrogens is 1. The number of aromatic amines is 1. The molecule has 0 saturated carbocycles. The van der Waals surface area contributed by atoms with Gasteiger partial charge in [0.15, 0.2) is 0 Å². The molecule has 5 aliphatic rings. The number of carbonyl (C=O) groups excluding carboxylic acids is 1. The van der Waals surface area contributed by atoms with Gasteiger partial charge in [-0.1, -0.05) is 43.2 Å². The highest BCUT2D eigenvalue weighted by Gasteiger charge is 2.44. The fraction of sp³-hybridized carbons (Fsp3) is 0.429. The number of aromatic nitrogens is 2. The largest absolute Gasteiger partial charge is 0.379 e. The van der Waals surface area contributed by atoms with Crippen molar-refractivity contribution < 1.29 is 32.3 Å². The van der Waals surface area contributed by atoms with Gasteiger partial charge in [0.2, 0.25) is 0 Å². The van der Waals surface area contributed by atoms with Crippen LogP contribution in [0.25, 0.3) is 16.6 Å². The van der Waals surface area contributed by atoms with Crippen LogP contribution in [-0.4, -0.2) is 119 Å². The molecular formula is C49H55ClN8O8S. The van der Waals surface area contributed by atoms with Crippen molar-refractivity contribution in [3.05, 3.63) is 117 Å². The van der Waals surface area contributed by atoms with Gasteiger partial charge in [-0.25, -0.2) is 18.1 Å². The number of amides is 1. The van der Waals surface area contributed by atoms with Crippen molar-refractivity contribution in [2.45, 2.75) is 62.5 Å².